The molecule has 0 spiro atoms. The second-order valence-electron chi connectivity index (χ2n) is 4.05. The molecule has 19 heavy (non-hydrogen) atoms. The van der Waals surface area contributed by atoms with Crippen molar-refractivity contribution in [3.63, 3.8) is 0 Å². The predicted molar refractivity (Wildman–Crippen MR) is 71.4 cm³/mol. The first kappa shape index (κ1) is 12.8. The Bertz CT molecular complexity index is 595. The minimum absolute atomic E-state index is 0.0239. The van der Waals surface area contributed by atoms with Crippen LogP contribution < -0.4 is 16.6 Å². The van der Waals surface area contributed by atoms with Gasteiger partial charge in [0.25, 0.3) is 5.69 Å². The number of non-ortho nitro benzene ring substituents is 1. The van der Waals surface area contributed by atoms with Crippen molar-refractivity contribution in [2.24, 2.45) is 12.9 Å². The van der Waals surface area contributed by atoms with Crippen molar-refractivity contribution >= 4 is 17.1 Å². The molecule has 0 aliphatic heterocycles. The maximum Gasteiger partial charge on any atom is 0.273 e. The first-order chi connectivity index (χ1) is 9.08. The minimum Gasteiger partial charge on any atom is -0.381 e. The number of hydrogen-bond acceptors (Lipinski definition) is 6. The zero-order chi connectivity index (χ0) is 13.8. The molecule has 0 saturated carbocycles. The molecule has 0 aliphatic rings. The van der Waals surface area contributed by atoms with Crippen LogP contribution in [0.1, 0.15) is 5.56 Å². The molecular formula is C11H14N6O2. The van der Waals surface area contributed by atoms with Gasteiger partial charge < -0.3 is 10.7 Å². The van der Waals surface area contributed by atoms with E-state index in [0.29, 0.717) is 17.9 Å². The van der Waals surface area contributed by atoms with E-state index in [1.165, 1.54) is 12.1 Å². The van der Waals surface area contributed by atoms with Gasteiger partial charge in [-0.2, -0.15) is 5.10 Å². The van der Waals surface area contributed by atoms with E-state index in [9.17, 15) is 10.1 Å². The van der Waals surface area contributed by atoms with Gasteiger partial charge in [0.1, 0.15) is 0 Å². The quantitative estimate of drug-likeness (QED) is 0.424. The summed E-state index contributed by atoms with van der Waals surface area (Å²) in [4.78, 5) is 10.3. The van der Waals surface area contributed by atoms with E-state index in [1.54, 1.807) is 16.9 Å². The standard InChI is InChI=1S/C11H14N6O2/c1-16-7-8(6-14-16)5-13-9-2-10(15-12)4-11(3-9)17(18)19/h2-4,6-7,13,15H,5,12H2,1H3. The van der Waals surface area contributed by atoms with Gasteiger partial charge in [0.15, 0.2) is 0 Å². The fourth-order valence-corrected chi connectivity index (χ4v) is 1.67. The van der Waals surface area contributed by atoms with Gasteiger partial charge in [-0.3, -0.25) is 20.6 Å². The molecule has 1 aromatic heterocycles. The lowest BCUT2D eigenvalue weighted by atomic mass is 10.2. The van der Waals surface area contributed by atoms with Crippen molar-refractivity contribution < 1.29 is 4.92 Å². The second-order valence-corrected chi connectivity index (χ2v) is 4.05. The molecule has 2 aromatic rings. The molecule has 0 unspecified atom stereocenters. The Hall–Kier alpha value is -2.61. The van der Waals surface area contributed by atoms with Crippen molar-refractivity contribution in [2.75, 3.05) is 10.7 Å². The third-order valence-electron chi connectivity index (χ3n) is 2.55. The number of benzene rings is 1. The number of hydrazine groups is 1. The van der Waals surface area contributed by atoms with Gasteiger partial charge in [-0.25, -0.2) is 0 Å². The van der Waals surface area contributed by atoms with Crippen molar-refractivity contribution in [1.82, 2.24) is 9.78 Å². The van der Waals surface area contributed by atoms with Crippen LogP contribution in [0.5, 0.6) is 0 Å². The Kier molecular flexibility index (Phi) is 3.62. The van der Waals surface area contributed by atoms with E-state index >= 15 is 0 Å². The summed E-state index contributed by atoms with van der Waals surface area (Å²) in [5, 5.41) is 17.9. The first-order valence-electron chi connectivity index (χ1n) is 5.56. The highest BCUT2D eigenvalue weighted by atomic mass is 16.6. The van der Waals surface area contributed by atoms with E-state index in [0.717, 1.165) is 5.56 Å². The van der Waals surface area contributed by atoms with Gasteiger partial charge in [-0.05, 0) is 6.07 Å². The number of nitrogens with zero attached hydrogens (tertiary/aromatic N) is 3. The first-order valence-corrected chi connectivity index (χ1v) is 5.56. The van der Waals surface area contributed by atoms with Crippen LogP contribution in [0.3, 0.4) is 0 Å². The van der Waals surface area contributed by atoms with E-state index in [4.69, 9.17) is 5.84 Å². The van der Waals surface area contributed by atoms with Crippen LogP contribution >= 0.6 is 0 Å². The van der Waals surface area contributed by atoms with Crippen LogP contribution in [0, 0.1) is 10.1 Å². The number of nitro benzene ring substituents is 1. The molecule has 0 aliphatic carbocycles. The molecular weight excluding hydrogens is 248 g/mol. The van der Waals surface area contributed by atoms with E-state index in [1.807, 2.05) is 13.2 Å². The normalized spacial score (nSPS) is 10.2. The summed E-state index contributed by atoms with van der Waals surface area (Å²) in [5.41, 5.74) is 4.45. The molecule has 0 atom stereocenters. The predicted octanol–water partition coefficient (Wildman–Crippen LogP) is 1.23. The van der Waals surface area contributed by atoms with E-state index in [-0.39, 0.29) is 5.69 Å². The number of rotatable bonds is 5. The van der Waals surface area contributed by atoms with Gasteiger partial charge >= 0.3 is 0 Å². The Morgan fingerprint density at radius 3 is 2.74 bits per heavy atom. The van der Waals surface area contributed by atoms with Crippen molar-refractivity contribution in [2.45, 2.75) is 6.54 Å². The number of anilines is 2. The molecule has 0 saturated heterocycles. The maximum absolute atomic E-state index is 10.8. The fraction of sp³-hybridized carbons (Fsp3) is 0.182. The lowest BCUT2D eigenvalue weighted by Gasteiger charge is -2.07. The SMILES string of the molecule is Cn1cc(CNc2cc(NN)cc([N+](=O)[O-])c2)cn1. The lowest BCUT2D eigenvalue weighted by molar-refractivity contribution is -0.384. The van der Waals surface area contributed by atoms with Gasteiger partial charge in [-0.15, -0.1) is 0 Å². The van der Waals surface area contributed by atoms with Crippen LogP contribution in [0.4, 0.5) is 17.1 Å². The number of nitrogens with two attached hydrogens (primary N) is 1. The number of nitrogen functional groups attached to an aromatic ring is 1. The smallest absolute Gasteiger partial charge is 0.273 e. The van der Waals surface area contributed by atoms with Crippen LogP contribution in [0.2, 0.25) is 0 Å². The number of aromatic nitrogens is 2. The van der Waals surface area contributed by atoms with Crippen molar-refractivity contribution in [3.8, 4) is 0 Å². The van der Waals surface area contributed by atoms with Crippen LogP contribution in [0.15, 0.2) is 30.6 Å². The largest absolute Gasteiger partial charge is 0.381 e. The number of hydrogen-bond donors (Lipinski definition) is 3. The maximum atomic E-state index is 10.8. The van der Waals surface area contributed by atoms with Crippen molar-refractivity contribution in [1.29, 1.82) is 0 Å². The molecule has 8 heteroatoms. The Morgan fingerprint density at radius 1 is 1.42 bits per heavy atom. The molecule has 0 bridgehead atoms. The summed E-state index contributed by atoms with van der Waals surface area (Å²) in [6.45, 7) is 0.527. The lowest BCUT2D eigenvalue weighted by Crippen LogP contribution is -2.08. The van der Waals surface area contributed by atoms with Crippen LogP contribution in [-0.2, 0) is 13.6 Å². The third-order valence-corrected chi connectivity index (χ3v) is 2.55. The summed E-state index contributed by atoms with van der Waals surface area (Å²) in [6.07, 6.45) is 3.60. The molecule has 1 heterocycles. The number of nitrogens with one attached hydrogen (secondary N) is 2. The Labute approximate surface area is 109 Å². The second kappa shape index (κ2) is 5.36. The monoisotopic (exact) mass is 262 g/mol. The molecule has 4 N–H and O–H groups in total. The van der Waals surface area contributed by atoms with Gasteiger partial charge in [-0.1, -0.05) is 0 Å². The molecule has 2 rings (SSSR count). The summed E-state index contributed by atoms with van der Waals surface area (Å²) >= 11 is 0. The third kappa shape index (κ3) is 3.19. The highest BCUT2D eigenvalue weighted by Gasteiger charge is 2.09. The van der Waals surface area contributed by atoms with Gasteiger partial charge in [0.2, 0.25) is 0 Å². The highest BCUT2D eigenvalue weighted by Crippen LogP contribution is 2.24. The zero-order valence-electron chi connectivity index (χ0n) is 10.3. The molecule has 0 fully saturated rings. The number of nitro groups is 1. The Balaban J connectivity index is 2.15. The fourth-order valence-electron chi connectivity index (χ4n) is 1.67. The Morgan fingerprint density at radius 2 is 2.16 bits per heavy atom. The van der Waals surface area contributed by atoms with Crippen LogP contribution in [-0.4, -0.2) is 14.7 Å². The molecule has 8 nitrogen and oxygen atoms in total. The topological polar surface area (TPSA) is 111 Å². The summed E-state index contributed by atoms with van der Waals surface area (Å²) in [7, 11) is 1.83. The summed E-state index contributed by atoms with van der Waals surface area (Å²) < 4.78 is 1.69. The van der Waals surface area contributed by atoms with E-state index in [2.05, 4.69) is 15.8 Å². The zero-order valence-corrected chi connectivity index (χ0v) is 10.3. The van der Waals surface area contributed by atoms with E-state index < -0.39 is 4.92 Å². The van der Waals surface area contributed by atoms with Gasteiger partial charge in [0.05, 0.1) is 16.8 Å². The molecule has 0 radical (unpaired) electrons. The van der Waals surface area contributed by atoms with Gasteiger partial charge in [0, 0.05) is 43.2 Å². The molecule has 100 valence electrons. The van der Waals surface area contributed by atoms with Crippen LogP contribution in [0.25, 0.3) is 0 Å². The minimum atomic E-state index is -0.462. The number of aryl methyl sites for hydroxylation is 1. The average Bonchev–Trinajstić information content (AvgIpc) is 2.81. The molecule has 0 amide bonds. The molecule has 1 aromatic carbocycles. The summed E-state index contributed by atoms with van der Waals surface area (Å²) in [5.74, 6) is 5.28. The van der Waals surface area contributed by atoms with Crippen molar-refractivity contribution in [3.05, 3.63) is 46.3 Å². The highest BCUT2D eigenvalue weighted by molar-refractivity contribution is 5.63. The summed E-state index contributed by atoms with van der Waals surface area (Å²) in [6, 6.07) is 4.52. The average molecular weight is 262 g/mol.